The highest BCUT2D eigenvalue weighted by molar-refractivity contribution is 5.92. The standard InChI is InChI=1S/C20H32N2O3/c1-15(21-13-7-9-16-8-3-5-11-18(16)23)14-20(24)22-17-10-4-6-12-19(17)25-2/h4,6,10,12,15-16,18,21,23H,3,5,7-9,11,13-14H2,1-2H3,(H,22,24). The highest BCUT2D eigenvalue weighted by Crippen LogP contribution is 2.27. The van der Waals surface area contributed by atoms with Crippen molar-refractivity contribution in [2.75, 3.05) is 19.0 Å². The summed E-state index contributed by atoms with van der Waals surface area (Å²) in [7, 11) is 1.60. The van der Waals surface area contributed by atoms with Crippen molar-refractivity contribution < 1.29 is 14.6 Å². The number of benzene rings is 1. The lowest BCUT2D eigenvalue weighted by Gasteiger charge is -2.27. The Balaban J connectivity index is 1.64. The number of carbonyl (C=O) groups is 1. The van der Waals surface area contributed by atoms with E-state index in [9.17, 15) is 9.90 Å². The van der Waals surface area contributed by atoms with Crippen LogP contribution in [0, 0.1) is 5.92 Å². The van der Waals surface area contributed by atoms with E-state index in [0.717, 1.165) is 38.6 Å². The number of aliphatic hydroxyl groups is 1. The first-order chi connectivity index (χ1) is 12.1. The third-order valence-electron chi connectivity index (χ3n) is 4.99. The average molecular weight is 348 g/mol. The molecule has 0 heterocycles. The fourth-order valence-corrected chi connectivity index (χ4v) is 3.54. The molecule has 3 unspecified atom stereocenters. The molecule has 1 fully saturated rings. The van der Waals surface area contributed by atoms with E-state index in [0.29, 0.717) is 23.8 Å². The van der Waals surface area contributed by atoms with Gasteiger partial charge < -0.3 is 20.5 Å². The van der Waals surface area contributed by atoms with Gasteiger partial charge in [-0.2, -0.15) is 0 Å². The summed E-state index contributed by atoms with van der Waals surface area (Å²) in [5.41, 5.74) is 0.702. The maximum Gasteiger partial charge on any atom is 0.226 e. The van der Waals surface area contributed by atoms with Crippen molar-refractivity contribution in [3.8, 4) is 5.75 Å². The number of amides is 1. The maximum atomic E-state index is 12.2. The number of anilines is 1. The minimum Gasteiger partial charge on any atom is -0.495 e. The Morgan fingerprint density at radius 1 is 1.32 bits per heavy atom. The first kappa shape index (κ1) is 19.7. The van der Waals surface area contributed by atoms with E-state index < -0.39 is 0 Å². The van der Waals surface area contributed by atoms with Crippen molar-refractivity contribution in [3.63, 3.8) is 0 Å². The summed E-state index contributed by atoms with van der Waals surface area (Å²) < 4.78 is 5.25. The highest BCUT2D eigenvalue weighted by atomic mass is 16.5. The summed E-state index contributed by atoms with van der Waals surface area (Å²) in [4.78, 5) is 12.2. The molecule has 0 aliphatic heterocycles. The van der Waals surface area contributed by atoms with Gasteiger partial charge in [-0.05, 0) is 57.2 Å². The first-order valence-corrected chi connectivity index (χ1v) is 9.44. The monoisotopic (exact) mass is 348 g/mol. The van der Waals surface area contributed by atoms with Gasteiger partial charge in [0.1, 0.15) is 5.75 Å². The van der Waals surface area contributed by atoms with Crippen molar-refractivity contribution in [2.24, 2.45) is 5.92 Å². The number of hydrogen-bond acceptors (Lipinski definition) is 4. The van der Waals surface area contributed by atoms with Gasteiger partial charge in [0.2, 0.25) is 5.91 Å². The van der Waals surface area contributed by atoms with Crippen molar-refractivity contribution >= 4 is 11.6 Å². The summed E-state index contributed by atoms with van der Waals surface area (Å²) in [6, 6.07) is 7.54. The lowest BCUT2D eigenvalue weighted by Crippen LogP contribution is -2.32. The molecule has 1 aliphatic carbocycles. The predicted octanol–water partition coefficient (Wildman–Crippen LogP) is 3.33. The molecular formula is C20H32N2O3. The van der Waals surface area contributed by atoms with Crippen molar-refractivity contribution in [3.05, 3.63) is 24.3 Å². The minimum atomic E-state index is -0.113. The average Bonchev–Trinajstić information content (AvgIpc) is 2.60. The van der Waals surface area contributed by atoms with Gasteiger partial charge in [-0.25, -0.2) is 0 Å². The second kappa shape index (κ2) is 10.4. The van der Waals surface area contributed by atoms with Crippen LogP contribution >= 0.6 is 0 Å². The quantitative estimate of drug-likeness (QED) is 0.599. The number of nitrogens with one attached hydrogen (secondary N) is 2. The summed E-state index contributed by atoms with van der Waals surface area (Å²) in [5.74, 6) is 1.11. The zero-order valence-corrected chi connectivity index (χ0v) is 15.5. The molecular weight excluding hydrogens is 316 g/mol. The van der Waals surface area contributed by atoms with Crippen LogP contribution in [0.5, 0.6) is 5.75 Å². The van der Waals surface area contributed by atoms with E-state index in [1.807, 2.05) is 31.2 Å². The Hall–Kier alpha value is -1.59. The van der Waals surface area contributed by atoms with Crippen molar-refractivity contribution in [1.82, 2.24) is 5.32 Å². The van der Waals surface area contributed by atoms with E-state index in [2.05, 4.69) is 10.6 Å². The molecule has 3 N–H and O–H groups in total. The van der Waals surface area contributed by atoms with Crippen LogP contribution in [0.25, 0.3) is 0 Å². The second-order valence-electron chi connectivity index (χ2n) is 7.06. The van der Waals surface area contributed by atoms with Crippen LogP contribution in [0.4, 0.5) is 5.69 Å². The summed E-state index contributed by atoms with van der Waals surface area (Å²) in [5, 5.41) is 16.3. The highest BCUT2D eigenvalue weighted by Gasteiger charge is 2.22. The molecule has 5 heteroatoms. The molecule has 140 valence electrons. The Bertz CT molecular complexity index is 535. The number of para-hydroxylation sites is 2. The van der Waals surface area contributed by atoms with Gasteiger partial charge in [-0.3, -0.25) is 4.79 Å². The van der Waals surface area contributed by atoms with Gasteiger partial charge in [0.15, 0.2) is 0 Å². The molecule has 1 aliphatic rings. The lowest BCUT2D eigenvalue weighted by atomic mass is 9.83. The molecule has 1 aromatic rings. The van der Waals surface area contributed by atoms with E-state index in [1.165, 1.54) is 6.42 Å². The molecule has 0 spiro atoms. The molecule has 0 aromatic heterocycles. The minimum absolute atomic E-state index is 0.0211. The number of aliphatic hydroxyl groups excluding tert-OH is 1. The van der Waals surface area contributed by atoms with E-state index in [4.69, 9.17) is 4.74 Å². The van der Waals surface area contributed by atoms with Crippen LogP contribution in [0.1, 0.15) is 51.9 Å². The molecule has 0 saturated heterocycles. The Morgan fingerprint density at radius 2 is 2.08 bits per heavy atom. The molecule has 1 saturated carbocycles. The molecule has 0 radical (unpaired) electrons. The normalized spacial score (nSPS) is 21.6. The molecule has 0 bridgehead atoms. The third-order valence-corrected chi connectivity index (χ3v) is 4.99. The van der Waals surface area contributed by atoms with Crippen LogP contribution in [0.2, 0.25) is 0 Å². The number of hydrogen-bond donors (Lipinski definition) is 3. The van der Waals surface area contributed by atoms with Gasteiger partial charge in [-0.1, -0.05) is 25.0 Å². The summed E-state index contributed by atoms with van der Waals surface area (Å²) in [6.45, 7) is 2.91. The second-order valence-corrected chi connectivity index (χ2v) is 7.06. The predicted molar refractivity (Wildman–Crippen MR) is 101 cm³/mol. The van der Waals surface area contributed by atoms with E-state index >= 15 is 0 Å². The zero-order chi connectivity index (χ0) is 18.1. The van der Waals surface area contributed by atoms with Gasteiger partial charge in [-0.15, -0.1) is 0 Å². The topological polar surface area (TPSA) is 70.6 Å². The number of rotatable bonds is 9. The Morgan fingerprint density at radius 3 is 2.84 bits per heavy atom. The number of methoxy groups -OCH3 is 1. The van der Waals surface area contributed by atoms with Crippen LogP contribution in [0.15, 0.2) is 24.3 Å². The fourth-order valence-electron chi connectivity index (χ4n) is 3.54. The maximum absolute atomic E-state index is 12.2. The molecule has 1 amide bonds. The number of carbonyl (C=O) groups excluding carboxylic acids is 1. The van der Waals surface area contributed by atoms with Crippen LogP contribution < -0.4 is 15.4 Å². The summed E-state index contributed by atoms with van der Waals surface area (Å²) in [6.07, 6.45) is 6.93. The molecule has 25 heavy (non-hydrogen) atoms. The van der Waals surface area contributed by atoms with Crippen LogP contribution in [0.3, 0.4) is 0 Å². The molecule has 1 aromatic carbocycles. The Kier molecular flexibility index (Phi) is 8.22. The van der Waals surface area contributed by atoms with Gasteiger partial charge in [0.05, 0.1) is 18.9 Å². The SMILES string of the molecule is COc1ccccc1NC(=O)CC(C)NCCCC1CCCCC1O. The van der Waals surface area contributed by atoms with E-state index in [1.54, 1.807) is 7.11 Å². The lowest BCUT2D eigenvalue weighted by molar-refractivity contribution is -0.116. The number of ether oxygens (including phenoxy) is 1. The smallest absolute Gasteiger partial charge is 0.226 e. The Labute approximate surface area is 151 Å². The van der Waals surface area contributed by atoms with Crippen molar-refractivity contribution in [1.29, 1.82) is 0 Å². The largest absolute Gasteiger partial charge is 0.495 e. The van der Waals surface area contributed by atoms with Gasteiger partial charge in [0, 0.05) is 12.5 Å². The van der Waals surface area contributed by atoms with Gasteiger partial charge in [0.25, 0.3) is 0 Å². The molecule has 2 rings (SSSR count). The van der Waals surface area contributed by atoms with Crippen molar-refractivity contribution in [2.45, 2.75) is 64.0 Å². The summed E-state index contributed by atoms with van der Waals surface area (Å²) >= 11 is 0. The van der Waals surface area contributed by atoms with E-state index in [-0.39, 0.29) is 18.1 Å². The third kappa shape index (κ3) is 6.67. The molecule has 5 nitrogen and oxygen atoms in total. The zero-order valence-electron chi connectivity index (χ0n) is 15.5. The van der Waals surface area contributed by atoms with Crippen LogP contribution in [-0.2, 0) is 4.79 Å². The van der Waals surface area contributed by atoms with Crippen LogP contribution in [-0.4, -0.2) is 36.8 Å². The fraction of sp³-hybridized carbons (Fsp3) is 0.650. The van der Waals surface area contributed by atoms with Gasteiger partial charge >= 0.3 is 0 Å². The molecule has 3 atom stereocenters. The first-order valence-electron chi connectivity index (χ1n) is 9.44.